The van der Waals surface area contributed by atoms with Crippen molar-refractivity contribution in [2.24, 2.45) is 5.73 Å². The maximum Gasteiger partial charge on any atom is 0.340 e. The molecule has 5 heteroatoms. The van der Waals surface area contributed by atoms with Gasteiger partial charge in [0.2, 0.25) is 0 Å². The third-order valence-corrected chi connectivity index (χ3v) is 4.16. The van der Waals surface area contributed by atoms with Gasteiger partial charge in [-0.05, 0) is 36.3 Å². The predicted octanol–water partition coefficient (Wildman–Crippen LogP) is 3.98. The summed E-state index contributed by atoms with van der Waals surface area (Å²) in [5, 5.41) is 9.67. The van der Waals surface area contributed by atoms with Crippen LogP contribution in [0.4, 0.5) is 4.39 Å². The Balaban J connectivity index is 2.24. The highest BCUT2D eigenvalue weighted by molar-refractivity contribution is 6.11. The second-order valence-electron chi connectivity index (χ2n) is 5.85. The van der Waals surface area contributed by atoms with Crippen LogP contribution in [0.3, 0.4) is 0 Å². The molecule has 4 nitrogen and oxygen atoms in total. The summed E-state index contributed by atoms with van der Waals surface area (Å²) in [4.78, 5) is 12.6. The van der Waals surface area contributed by atoms with E-state index < -0.39 is 5.97 Å². The van der Waals surface area contributed by atoms with Crippen LogP contribution in [0, 0.1) is 17.1 Å². The fourth-order valence-corrected chi connectivity index (χ4v) is 2.98. The Kier molecular flexibility index (Phi) is 5.18. The molecule has 0 radical (unpaired) electrons. The Labute approximate surface area is 156 Å². The molecule has 3 rings (SSSR count). The first-order valence-corrected chi connectivity index (χ1v) is 8.41. The third kappa shape index (κ3) is 3.51. The Morgan fingerprint density at radius 2 is 1.85 bits per heavy atom. The summed E-state index contributed by atoms with van der Waals surface area (Å²) >= 11 is 0. The van der Waals surface area contributed by atoms with Crippen LogP contribution in [0.25, 0.3) is 11.6 Å². The van der Waals surface area contributed by atoms with Gasteiger partial charge in [-0.25, -0.2) is 9.18 Å². The zero-order valence-electron chi connectivity index (χ0n) is 14.7. The van der Waals surface area contributed by atoms with Crippen molar-refractivity contribution in [2.75, 3.05) is 6.61 Å². The Morgan fingerprint density at radius 3 is 2.44 bits per heavy atom. The molecule has 0 unspecified atom stereocenters. The van der Waals surface area contributed by atoms with Crippen molar-refractivity contribution in [3.8, 4) is 6.07 Å². The Hall–Kier alpha value is -3.65. The number of hydrogen-bond donors (Lipinski definition) is 1. The molecule has 0 bridgehead atoms. The molecule has 0 aromatic heterocycles. The lowest BCUT2D eigenvalue weighted by atomic mass is 9.93. The van der Waals surface area contributed by atoms with Gasteiger partial charge in [-0.2, -0.15) is 5.26 Å². The SMILES string of the molecule is CCOC(=O)C1=C(N)C(C#N)=C(c2ccccc2)/C1=C/c1ccc(F)cc1. The number of halogens is 1. The summed E-state index contributed by atoms with van der Waals surface area (Å²) in [6, 6.07) is 17.2. The molecule has 0 spiro atoms. The molecule has 0 atom stereocenters. The number of benzene rings is 2. The van der Waals surface area contributed by atoms with Gasteiger partial charge in [0.25, 0.3) is 0 Å². The van der Waals surface area contributed by atoms with E-state index in [4.69, 9.17) is 10.5 Å². The van der Waals surface area contributed by atoms with E-state index in [1.54, 1.807) is 25.1 Å². The lowest BCUT2D eigenvalue weighted by Gasteiger charge is -2.11. The molecule has 0 amide bonds. The highest BCUT2D eigenvalue weighted by Crippen LogP contribution is 2.42. The van der Waals surface area contributed by atoms with Crippen molar-refractivity contribution in [1.29, 1.82) is 5.26 Å². The van der Waals surface area contributed by atoms with Gasteiger partial charge >= 0.3 is 5.97 Å². The van der Waals surface area contributed by atoms with Crippen molar-refractivity contribution >= 4 is 17.6 Å². The molecule has 0 saturated heterocycles. The number of nitrogens with two attached hydrogens (primary N) is 1. The van der Waals surface area contributed by atoms with Gasteiger partial charge < -0.3 is 10.5 Å². The number of carbonyl (C=O) groups excluding carboxylic acids is 1. The molecule has 1 aliphatic rings. The van der Waals surface area contributed by atoms with E-state index in [1.165, 1.54) is 12.1 Å². The second kappa shape index (κ2) is 7.71. The van der Waals surface area contributed by atoms with Gasteiger partial charge in [0.15, 0.2) is 0 Å². The van der Waals surface area contributed by atoms with Gasteiger partial charge in [-0.3, -0.25) is 0 Å². The summed E-state index contributed by atoms with van der Waals surface area (Å²) in [5.41, 5.74) is 9.09. The molecule has 2 N–H and O–H groups in total. The lowest BCUT2D eigenvalue weighted by molar-refractivity contribution is -0.138. The van der Waals surface area contributed by atoms with Crippen LogP contribution in [-0.2, 0) is 9.53 Å². The molecule has 2 aromatic carbocycles. The Morgan fingerprint density at radius 1 is 1.19 bits per heavy atom. The molecular weight excluding hydrogens is 343 g/mol. The molecule has 0 aliphatic heterocycles. The van der Waals surface area contributed by atoms with Gasteiger partial charge in [0.1, 0.15) is 11.9 Å². The van der Waals surface area contributed by atoms with E-state index in [2.05, 4.69) is 6.07 Å². The van der Waals surface area contributed by atoms with E-state index in [0.29, 0.717) is 16.7 Å². The zero-order chi connectivity index (χ0) is 19.4. The van der Waals surface area contributed by atoms with Crippen molar-refractivity contribution in [3.63, 3.8) is 0 Å². The van der Waals surface area contributed by atoms with Crippen molar-refractivity contribution in [3.05, 3.63) is 94.0 Å². The number of carbonyl (C=O) groups is 1. The largest absolute Gasteiger partial charge is 0.462 e. The van der Waals surface area contributed by atoms with E-state index in [9.17, 15) is 14.4 Å². The third-order valence-electron chi connectivity index (χ3n) is 4.16. The van der Waals surface area contributed by atoms with Crippen LogP contribution in [0.15, 0.2) is 77.0 Å². The number of hydrogen-bond acceptors (Lipinski definition) is 4. The first kappa shape index (κ1) is 18.2. The average molecular weight is 360 g/mol. The minimum Gasteiger partial charge on any atom is -0.462 e. The minimum atomic E-state index is -0.595. The highest BCUT2D eigenvalue weighted by atomic mass is 19.1. The molecule has 0 saturated carbocycles. The summed E-state index contributed by atoms with van der Waals surface area (Å²) in [7, 11) is 0. The van der Waals surface area contributed by atoms with E-state index >= 15 is 0 Å². The number of allylic oxidation sites excluding steroid dienone is 2. The van der Waals surface area contributed by atoms with Crippen molar-refractivity contribution in [2.45, 2.75) is 6.92 Å². The highest BCUT2D eigenvalue weighted by Gasteiger charge is 2.33. The summed E-state index contributed by atoms with van der Waals surface area (Å²) in [6.07, 6.45) is 1.71. The minimum absolute atomic E-state index is 0.0863. The topological polar surface area (TPSA) is 76.1 Å². The fourth-order valence-electron chi connectivity index (χ4n) is 2.98. The molecule has 2 aromatic rings. The maximum atomic E-state index is 13.2. The normalized spacial score (nSPS) is 15.2. The molecule has 134 valence electrons. The lowest BCUT2D eigenvalue weighted by Crippen LogP contribution is -2.13. The summed E-state index contributed by atoms with van der Waals surface area (Å²) in [6.45, 7) is 1.88. The van der Waals surface area contributed by atoms with Gasteiger partial charge in [0, 0.05) is 11.1 Å². The standard InChI is InChI=1S/C22H17FN2O2/c1-2-27-22(26)20-17(12-14-8-10-16(23)11-9-14)19(18(13-24)21(20)25)15-6-4-3-5-7-15/h3-12H,2,25H2,1H3/b17-12-. The molecule has 0 fully saturated rings. The number of esters is 1. The predicted molar refractivity (Wildman–Crippen MR) is 101 cm³/mol. The van der Waals surface area contributed by atoms with Gasteiger partial charge in [0.05, 0.1) is 23.5 Å². The van der Waals surface area contributed by atoms with Gasteiger partial charge in [-0.1, -0.05) is 42.5 Å². The second-order valence-corrected chi connectivity index (χ2v) is 5.85. The number of nitriles is 1. The van der Waals surface area contributed by atoms with Crippen molar-refractivity contribution in [1.82, 2.24) is 0 Å². The van der Waals surface area contributed by atoms with Crippen LogP contribution in [0.2, 0.25) is 0 Å². The fraction of sp³-hybridized carbons (Fsp3) is 0.0909. The van der Waals surface area contributed by atoms with Gasteiger partial charge in [-0.15, -0.1) is 0 Å². The number of rotatable bonds is 4. The maximum absolute atomic E-state index is 13.2. The molecular formula is C22H17FN2O2. The van der Waals surface area contributed by atoms with E-state index in [1.807, 2.05) is 30.3 Å². The first-order chi connectivity index (χ1) is 13.1. The first-order valence-electron chi connectivity index (χ1n) is 8.41. The Bertz CT molecular complexity index is 1010. The number of ether oxygens (including phenoxy) is 1. The monoisotopic (exact) mass is 360 g/mol. The zero-order valence-corrected chi connectivity index (χ0v) is 14.7. The summed E-state index contributed by atoms with van der Waals surface area (Å²) in [5.74, 6) is -0.956. The molecule has 0 heterocycles. The summed E-state index contributed by atoms with van der Waals surface area (Å²) < 4.78 is 18.4. The molecule has 27 heavy (non-hydrogen) atoms. The van der Waals surface area contributed by atoms with Crippen LogP contribution in [-0.4, -0.2) is 12.6 Å². The van der Waals surface area contributed by atoms with E-state index in [0.717, 1.165) is 5.56 Å². The van der Waals surface area contributed by atoms with Crippen LogP contribution in [0.5, 0.6) is 0 Å². The average Bonchev–Trinajstić information content (AvgIpc) is 2.95. The smallest absolute Gasteiger partial charge is 0.340 e. The van der Waals surface area contributed by atoms with Crippen LogP contribution < -0.4 is 5.73 Å². The van der Waals surface area contributed by atoms with Crippen LogP contribution >= 0.6 is 0 Å². The number of nitrogens with zero attached hydrogens (tertiary/aromatic N) is 1. The van der Waals surface area contributed by atoms with Crippen molar-refractivity contribution < 1.29 is 13.9 Å². The van der Waals surface area contributed by atoms with Crippen LogP contribution in [0.1, 0.15) is 18.1 Å². The van der Waals surface area contributed by atoms with E-state index in [-0.39, 0.29) is 29.3 Å². The quantitative estimate of drug-likeness (QED) is 0.837. The molecule has 1 aliphatic carbocycles.